The van der Waals surface area contributed by atoms with Crippen LogP contribution in [0.5, 0.6) is 0 Å². The predicted octanol–water partition coefficient (Wildman–Crippen LogP) is 2.99. The van der Waals surface area contributed by atoms with Gasteiger partial charge in [-0.2, -0.15) is 0 Å². The Bertz CT molecular complexity index is 592. The van der Waals surface area contributed by atoms with E-state index in [0.29, 0.717) is 6.04 Å². The van der Waals surface area contributed by atoms with Crippen molar-refractivity contribution < 1.29 is 0 Å². The molecule has 0 amide bonds. The highest BCUT2D eigenvalue weighted by Crippen LogP contribution is 2.33. The first-order valence-corrected chi connectivity index (χ1v) is 7.71. The lowest BCUT2D eigenvalue weighted by atomic mass is 9.91. The summed E-state index contributed by atoms with van der Waals surface area (Å²) in [6.07, 6.45) is 6.38. The smallest absolute Gasteiger partial charge is 0.138 e. The first-order chi connectivity index (χ1) is 9.16. The Balaban J connectivity index is 1.96. The molecule has 102 valence electrons. The number of thiophene rings is 1. The molecule has 0 aliphatic heterocycles. The van der Waals surface area contributed by atoms with E-state index in [2.05, 4.69) is 29.1 Å². The minimum Gasteiger partial charge on any atom is -0.365 e. The van der Waals surface area contributed by atoms with Gasteiger partial charge in [0, 0.05) is 17.0 Å². The van der Waals surface area contributed by atoms with E-state index in [-0.39, 0.29) is 6.04 Å². The van der Waals surface area contributed by atoms with Gasteiger partial charge in [-0.05, 0) is 32.3 Å². The van der Waals surface area contributed by atoms with Crippen molar-refractivity contribution in [3.8, 4) is 0 Å². The van der Waals surface area contributed by atoms with Gasteiger partial charge in [-0.1, -0.05) is 12.8 Å². The standard InChI is InChI=1S/C14H20N4S/c1-8-9(2)19-14-12(8)13(16-7-17-14)18-11-6-4-3-5-10(11)15/h7,10-11H,3-6,15H2,1-2H3,(H,16,17,18). The number of nitrogens with two attached hydrogens (primary N) is 1. The molecule has 2 heterocycles. The van der Waals surface area contributed by atoms with Crippen molar-refractivity contribution in [2.75, 3.05) is 5.32 Å². The summed E-state index contributed by atoms with van der Waals surface area (Å²) in [5, 5.41) is 4.73. The number of fused-ring (bicyclic) bond motifs is 1. The van der Waals surface area contributed by atoms with Crippen LogP contribution in [0.25, 0.3) is 10.2 Å². The lowest BCUT2D eigenvalue weighted by Gasteiger charge is -2.29. The second-order valence-electron chi connectivity index (χ2n) is 5.38. The molecule has 3 N–H and O–H groups in total. The summed E-state index contributed by atoms with van der Waals surface area (Å²) in [5.74, 6) is 0.953. The molecule has 0 saturated heterocycles. The number of aromatic nitrogens is 2. The van der Waals surface area contributed by atoms with Crippen molar-refractivity contribution in [1.29, 1.82) is 0 Å². The predicted molar refractivity (Wildman–Crippen MR) is 80.7 cm³/mol. The fourth-order valence-corrected chi connectivity index (χ4v) is 3.80. The molecule has 1 aliphatic carbocycles. The minimum atomic E-state index is 0.235. The highest BCUT2D eigenvalue weighted by atomic mass is 32.1. The van der Waals surface area contributed by atoms with Gasteiger partial charge in [0.05, 0.1) is 5.39 Å². The molecular formula is C14H20N4S. The van der Waals surface area contributed by atoms with E-state index in [1.807, 2.05) is 0 Å². The molecule has 0 spiro atoms. The van der Waals surface area contributed by atoms with Crippen molar-refractivity contribution in [2.24, 2.45) is 5.73 Å². The molecule has 3 rings (SSSR count). The highest BCUT2D eigenvalue weighted by molar-refractivity contribution is 7.18. The normalized spacial score (nSPS) is 23.7. The third-order valence-corrected chi connectivity index (χ3v) is 5.22. The summed E-state index contributed by atoms with van der Waals surface area (Å²) in [6, 6.07) is 0.574. The number of nitrogens with one attached hydrogen (secondary N) is 1. The van der Waals surface area contributed by atoms with Gasteiger partial charge in [0.15, 0.2) is 0 Å². The maximum absolute atomic E-state index is 6.21. The molecule has 2 unspecified atom stereocenters. The van der Waals surface area contributed by atoms with Crippen molar-refractivity contribution in [2.45, 2.75) is 51.6 Å². The van der Waals surface area contributed by atoms with Crippen molar-refractivity contribution in [1.82, 2.24) is 9.97 Å². The molecule has 1 aliphatic rings. The SMILES string of the molecule is Cc1sc2ncnc(NC3CCCCC3N)c2c1C. The maximum atomic E-state index is 6.21. The molecule has 2 atom stereocenters. The second kappa shape index (κ2) is 5.06. The Morgan fingerprint density at radius 1 is 1.26 bits per heavy atom. The van der Waals surface area contributed by atoms with E-state index < -0.39 is 0 Å². The van der Waals surface area contributed by atoms with Crippen molar-refractivity contribution in [3.63, 3.8) is 0 Å². The van der Waals surface area contributed by atoms with E-state index in [1.165, 1.54) is 28.7 Å². The Hall–Kier alpha value is -1.20. The molecule has 0 aromatic carbocycles. The van der Waals surface area contributed by atoms with Crippen LogP contribution < -0.4 is 11.1 Å². The maximum Gasteiger partial charge on any atom is 0.138 e. The van der Waals surface area contributed by atoms with Crippen LogP contribution in [0.4, 0.5) is 5.82 Å². The lowest BCUT2D eigenvalue weighted by Crippen LogP contribution is -2.42. The average Bonchev–Trinajstić information content (AvgIpc) is 2.69. The first kappa shape index (κ1) is 12.8. The van der Waals surface area contributed by atoms with Crippen molar-refractivity contribution in [3.05, 3.63) is 16.8 Å². The van der Waals surface area contributed by atoms with Crippen LogP contribution in [-0.4, -0.2) is 22.1 Å². The third-order valence-electron chi connectivity index (χ3n) is 4.11. The monoisotopic (exact) mass is 276 g/mol. The highest BCUT2D eigenvalue weighted by Gasteiger charge is 2.23. The molecule has 1 saturated carbocycles. The van der Waals surface area contributed by atoms with Gasteiger partial charge >= 0.3 is 0 Å². The zero-order valence-corrected chi connectivity index (χ0v) is 12.3. The van der Waals surface area contributed by atoms with Gasteiger partial charge in [0.1, 0.15) is 17.0 Å². The molecule has 4 nitrogen and oxygen atoms in total. The number of nitrogens with zero attached hydrogens (tertiary/aromatic N) is 2. The van der Waals surface area contributed by atoms with Gasteiger partial charge in [-0.25, -0.2) is 9.97 Å². The quantitative estimate of drug-likeness (QED) is 0.885. The van der Waals surface area contributed by atoms with Gasteiger partial charge < -0.3 is 11.1 Å². The zero-order valence-electron chi connectivity index (χ0n) is 11.4. The van der Waals surface area contributed by atoms with E-state index in [4.69, 9.17) is 5.73 Å². The Morgan fingerprint density at radius 2 is 2.05 bits per heavy atom. The van der Waals surface area contributed by atoms with E-state index >= 15 is 0 Å². The number of hydrogen-bond donors (Lipinski definition) is 2. The van der Waals surface area contributed by atoms with E-state index in [1.54, 1.807) is 17.7 Å². The van der Waals surface area contributed by atoms with E-state index in [9.17, 15) is 0 Å². The molecule has 0 bridgehead atoms. The minimum absolute atomic E-state index is 0.235. The van der Waals surface area contributed by atoms with Gasteiger partial charge in [0.2, 0.25) is 0 Å². The summed E-state index contributed by atoms with van der Waals surface area (Å²) >= 11 is 1.73. The summed E-state index contributed by atoms with van der Waals surface area (Å²) in [4.78, 5) is 11.2. The fourth-order valence-electron chi connectivity index (χ4n) is 2.81. The zero-order chi connectivity index (χ0) is 13.4. The van der Waals surface area contributed by atoms with Crippen LogP contribution in [0.3, 0.4) is 0 Å². The largest absolute Gasteiger partial charge is 0.365 e. The molecule has 19 heavy (non-hydrogen) atoms. The van der Waals surface area contributed by atoms with E-state index in [0.717, 1.165) is 23.5 Å². The van der Waals surface area contributed by atoms with Crippen LogP contribution in [0, 0.1) is 13.8 Å². The summed E-state index contributed by atoms with van der Waals surface area (Å²) < 4.78 is 0. The third kappa shape index (κ3) is 2.32. The lowest BCUT2D eigenvalue weighted by molar-refractivity contribution is 0.403. The number of hydrogen-bond acceptors (Lipinski definition) is 5. The Morgan fingerprint density at radius 3 is 2.84 bits per heavy atom. The van der Waals surface area contributed by atoms with Crippen LogP contribution in [-0.2, 0) is 0 Å². The molecule has 0 radical (unpaired) electrons. The number of anilines is 1. The van der Waals surface area contributed by atoms with Crippen molar-refractivity contribution >= 4 is 27.4 Å². The first-order valence-electron chi connectivity index (χ1n) is 6.89. The number of rotatable bonds is 2. The summed E-state index contributed by atoms with van der Waals surface area (Å²) in [7, 11) is 0. The summed E-state index contributed by atoms with van der Waals surface area (Å²) in [6.45, 7) is 4.28. The molecule has 2 aromatic rings. The molecule has 2 aromatic heterocycles. The van der Waals surface area contributed by atoms with Crippen LogP contribution in [0.2, 0.25) is 0 Å². The van der Waals surface area contributed by atoms with Gasteiger partial charge in [-0.15, -0.1) is 11.3 Å². The average molecular weight is 276 g/mol. The Kier molecular flexibility index (Phi) is 3.41. The number of aryl methyl sites for hydroxylation is 2. The van der Waals surface area contributed by atoms with Gasteiger partial charge in [-0.3, -0.25) is 0 Å². The Labute approximate surface area is 117 Å². The van der Waals surface area contributed by atoms with Crippen LogP contribution in [0.15, 0.2) is 6.33 Å². The molecular weight excluding hydrogens is 256 g/mol. The van der Waals surface area contributed by atoms with Crippen LogP contribution >= 0.6 is 11.3 Å². The topological polar surface area (TPSA) is 63.8 Å². The second-order valence-corrected chi connectivity index (χ2v) is 6.59. The fraction of sp³-hybridized carbons (Fsp3) is 0.571. The summed E-state index contributed by atoms with van der Waals surface area (Å²) in [5.41, 5.74) is 7.50. The molecule has 1 fully saturated rings. The molecule has 5 heteroatoms. The van der Waals surface area contributed by atoms with Crippen LogP contribution in [0.1, 0.15) is 36.1 Å². The van der Waals surface area contributed by atoms with Gasteiger partial charge in [0.25, 0.3) is 0 Å².